The van der Waals surface area contributed by atoms with Crippen LogP contribution >= 0.6 is 11.6 Å². The summed E-state index contributed by atoms with van der Waals surface area (Å²) in [4.78, 5) is 16.3. The summed E-state index contributed by atoms with van der Waals surface area (Å²) >= 11 is 5.86. The Labute approximate surface area is 132 Å². The van der Waals surface area contributed by atoms with Crippen LogP contribution in [0.4, 0.5) is 0 Å². The standard InChI is InChI=1S/C15H14ClN3O3/c1-2-21-15(20)13-11(6-16)22-14(18)10(7-17)12(13)9-4-3-5-19-8-9/h3-5,8,12H,2,6,18H2,1H3/t12-/m0/s1. The summed E-state index contributed by atoms with van der Waals surface area (Å²) < 4.78 is 10.4. The maximum atomic E-state index is 12.3. The molecular weight excluding hydrogens is 306 g/mol. The molecule has 1 aliphatic rings. The van der Waals surface area contributed by atoms with Crippen molar-refractivity contribution in [3.05, 3.63) is 52.9 Å². The molecule has 0 aromatic carbocycles. The molecule has 1 aliphatic heterocycles. The number of alkyl halides is 1. The molecule has 0 amide bonds. The van der Waals surface area contributed by atoms with Gasteiger partial charge >= 0.3 is 5.97 Å². The maximum Gasteiger partial charge on any atom is 0.338 e. The second-order valence-corrected chi connectivity index (χ2v) is 4.67. The summed E-state index contributed by atoms with van der Waals surface area (Å²) in [6.45, 7) is 1.88. The van der Waals surface area contributed by atoms with Gasteiger partial charge in [-0.25, -0.2) is 4.79 Å². The van der Waals surface area contributed by atoms with Crippen molar-refractivity contribution in [2.75, 3.05) is 12.5 Å². The van der Waals surface area contributed by atoms with Gasteiger partial charge in [-0.1, -0.05) is 6.07 Å². The van der Waals surface area contributed by atoms with Crippen LogP contribution in [0.2, 0.25) is 0 Å². The average molecular weight is 320 g/mol. The number of ether oxygens (including phenoxy) is 2. The molecule has 1 aromatic rings. The normalized spacial score (nSPS) is 17.8. The molecule has 0 spiro atoms. The molecule has 0 saturated carbocycles. The smallest absolute Gasteiger partial charge is 0.338 e. The van der Waals surface area contributed by atoms with E-state index in [1.807, 2.05) is 6.07 Å². The van der Waals surface area contributed by atoms with Gasteiger partial charge in [0, 0.05) is 12.4 Å². The van der Waals surface area contributed by atoms with Gasteiger partial charge in [-0.3, -0.25) is 4.98 Å². The fourth-order valence-corrected chi connectivity index (χ4v) is 2.43. The lowest BCUT2D eigenvalue weighted by atomic mass is 9.84. The second kappa shape index (κ2) is 6.96. The Hall–Kier alpha value is -2.52. The summed E-state index contributed by atoms with van der Waals surface area (Å²) in [5.74, 6) is -1.25. The molecule has 0 aliphatic carbocycles. The monoisotopic (exact) mass is 319 g/mol. The highest BCUT2D eigenvalue weighted by atomic mass is 35.5. The maximum absolute atomic E-state index is 12.3. The number of nitrogens with zero attached hydrogens (tertiary/aromatic N) is 2. The highest BCUT2D eigenvalue weighted by molar-refractivity contribution is 6.19. The minimum Gasteiger partial charge on any atom is -0.463 e. The number of esters is 1. The van der Waals surface area contributed by atoms with E-state index in [-0.39, 0.29) is 35.3 Å². The fraction of sp³-hybridized carbons (Fsp3) is 0.267. The summed E-state index contributed by atoms with van der Waals surface area (Å²) in [5, 5.41) is 9.39. The van der Waals surface area contributed by atoms with E-state index in [0.29, 0.717) is 5.56 Å². The third-order valence-electron chi connectivity index (χ3n) is 3.13. The molecule has 7 heteroatoms. The molecule has 1 atom stereocenters. The van der Waals surface area contributed by atoms with Crippen molar-refractivity contribution in [1.82, 2.24) is 4.98 Å². The summed E-state index contributed by atoms with van der Waals surface area (Å²) in [6, 6.07) is 5.45. The Morgan fingerprint density at radius 1 is 1.64 bits per heavy atom. The first-order valence-electron chi connectivity index (χ1n) is 6.57. The predicted octanol–water partition coefficient (Wildman–Crippen LogP) is 1.95. The molecule has 114 valence electrons. The quantitative estimate of drug-likeness (QED) is 0.672. The van der Waals surface area contributed by atoms with Crippen LogP contribution in [-0.2, 0) is 14.3 Å². The zero-order valence-corrected chi connectivity index (χ0v) is 12.6. The average Bonchev–Trinajstić information content (AvgIpc) is 2.54. The largest absolute Gasteiger partial charge is 0.463 e. The highest BCUT2D eigenvalue weighted by Crippen LogP contribution is 2.39. The topological polar surface area (TPSA) is 98.2 Å². The number of nitrogens with two attached hydrogens (primary N) is 1. The number of rotatable bonds is 4. The van der Waals surface area contributed by atoms with Crippen molar-refractivity contribution in [3.8, 4) is 6.07 Å². The van der Waals surface area contributed by atoms with Crippen LogP contribution in [0.15, 0.2) is 47.3 Å². The number of allylic oxidation sites excluding steroid dienone is 2. The molecule has 1 aromatic heterocycles. The van der Waals surface area contributed by atoms with E-state index < -0.39 is 11.9 Å². The van der Waals surface area contributed by atoms with Crippen LogP contribution in [0.1, 0.15) is 18.4 Å². The number of halogens is 1. The van der Waals surface area contributed by atoms with Gasteiger partial charge in [0.2, 0.25) is 5.88 Å². The second-order valence-electron chi connectivity index (χ2n) is 4.40. The van der Waals surface area contributed by atoms with Crippen LogP contribution in [-0.4, -0.2) is 23.4 Å². The third kappa shape index (κ3) is 2.90. The van der Waals surface area contributed by atoms with Crippen LogP contribution in [0, 0.1) is 11.3 Å². The van der Waals surface area contributed by atoms with Crippen molar-refractivity contribution in [2.24, 2.45) is 5.73 Å². The predicted molar refractivity (Wildman–Crippen MR) is 79.3 cm³/mol. The van der Waals surface area contributed by atoms with E-state index in [1.54, 1.807) is 31.5 Å². The molecule has 0 bridgehead atoms. The van der Waals surface area contributed by atoms with E-state index in [0.717, 1.165) is 0 Å². The first-order valence-corrected chi connectivity index (χ1v) is 7.11. The van der Waals surface area contributed by atoms with Crippen molar-refractivity contribution < 1.29 is 14.3 Å². The lowest BCUT2D eigenvalue weighted by molar-refractivity contribution is -0.139. The zero-order chi connectivity index (χ0) is 16.1. The molecule has 6 nitrogen and oxygen atoms in total. The number of carbonyl (C=O) groups excluding carboxylic acids is 1. The van der Waals surface area contributed by atoms with Gasteiger partial charge in [0.05, 0.1) is 24.0 Å². The van der Waals surface area contributed by atoms with Crippen LogP contribution in [0.25, 0.3) is 0 Å². The van der Waals surface area contributed by atoms with Gasteiger partial charge in [0.15, 0.2) is 0 Å². The van der Waals surface area contributed by atoms with E-state index >= 15 is 0 Å². The van der Waals surface area contributed by atoms with Gasteiger partial charge in [0.25, 0.3) is 0 Å². The lowest BCUT2D eigenvalue weighted by Gasteiger charge is -2.27. The van der Waals surface area contributed by atoms with Crippen LogP contribution in [0.3, 0.4) is 0 Å². The number of aromatic nitrogens is 1. The number of pyridine rings is 1. The van der Waals surface area contributed by atoms with Crippen molar-refractivity contribution in [2.45, 2.75) is 12.8 Å². The molecule has 2 rings (SSSR count). The minimum atomic E-state index is -0.708. The van der Waals surface area contributed by atoms with Gasteiger partial charge < -0.3 is 15.2 Å². The van der Waals surface area contributed by atoms with E-state index in [2.05, 4.69) is 4.98 Å². The minimum absolute atomic E-state index is 0.0652. The first-order chi connectivity index (χ1) is 10.6. The number of hydrogen-bond acceptors (Lipinski definition) is 6. The molecule has 22 heavy (non-hydrogen) atoms. The third-order valence-corrected chi connectivity index (χ3v) is 3.37. The van der Waals surface area contributed by atoms with Crippen LogP contribution in [0.5, 0.6) is 0 Å². The summed E-state index contributed by atoms with van der Waals surface area (Å²) in [5.41, 5.74) is 6.73. The number of nitriles is 1. The van der Waals surface area contributed by atoms with Gasteiger partial charge in [0.1, 0.15) is 17.4 Å². The van der Waals surface area contributed by atoms with Gasteiger partial charge in [-0.15, -0.1) is 11.6 Å². The Balaban J connectivity index is 2.62. The fourth-order valence-electron chi connectivity index (χ4n) is 2.23. The SMILES string of the molecule is CCOC(=O)C1=C(CCl)OC(N)=C(C#N)[C@@H]1c1cccnc1. The molecule has 0 unspecified atom stereocenters. The summed E-state index contributed by atoms with van der Waals surface area (Å²) in [7, 11) is 0. The number of hydrogen-bond donors (Lipinski definition) is 1. The Bertz CT molecular complexity index is 677. The zero-order valence-electron chi connectivity index (χ0n) is 11.9. The highest BCUT2D eigenvalue weighted by Gasteiger charge is 2.37. The van der Waals surface area contributed by atoms with Gasteiger partial charge in [-0.2, -0.15) is 5.26 Å². The van der Waals surface area contributed by atoms with E-state index in [9.17, 15) is 10.1 Å². The van der Waals surface area contributed by atoms with E-state index in [1.165, 1.54) is 0 Å². The Kier molecular flexibility index (Phi) is 5.02. The molecule has 0 saturated heterocycles. The molecule has 0 radical (unpaired) electrons. The molecule has 2 N–H and O–H groups in total. The lowest BCUT2D eigenvalue weighted by Crippen LogP contribution is -2.26. The molecule has 2 heterocycles. The van der Waals surface area contributed by atoms with Crippen LogP contribution < -0.4 is 5.73 Å². The number of carbonyl (C=O) groups is 1. The van der Waals surface area contributed by atoms with Crippen molar-refractivity contribution in [3.63, 3.8) is 0 Å². The Morgan fingerprint density at radius 3 is 2.95 bits per heavy atom. The Morgan fingerprint density at radius 2 is 2.41 bits per heavy atom. The van der Waals surface area contributed by atoms with E-state index in [4.69, 9.17) is 26.8 Å². The van der Waals surface area contributed by atoms with Crippen molar-refractivity contribution in [1.29, 1.82) is 5.26 Å². The molecule has 0 fully saturated rings. The first kappa shape index (κ1) is 15.9. The van der Waals surface area contributed by atoms with Crippen molar-refractivity contribution >= 4 is 17.6 Å². The summed E-state index contributed by atoms with van der Waals surface area (Å²) in [6.07, 6.45) is 3.16. The molecular formula is C15H14ClN3O3. The van der Waals surface area contributed by atoms with Gasteiger partial charge in [-0.05, 0) is 18.6 Å².